The molecule has 1 N–H and O–H groups in total. The topological polar surface area (TPSA) is 40.5 Å². The third-order valence-corrected chi connectivity index (χ3v) is 5.35. The molecule has 2 aliphatic carbocycles. The van der Waals surface area contributed by atoms with Crippen molar-refractivity contribution < 1.29 is 9.90 Å². The third kappa shape index (κ3) is 3.13. The number of hydrogen-bond acceptors (Lipinski definition) is 2. The number of β-amino-alcohol motifs (C(OH)–C–C–N with tert-alkyl or cyclic N) is 1. The normalized spacial score (nSPS) is 27.1. The average molecular weight is 265 g/mol. The Hall–Kier alpha value is -0.570. The molecule has 0 aromatic carbocycles. The number of hydrogen-bond donors (Lipinski definition) is 1. The standard InChI is InChI=1S/C16H27NO2/c18-15(8-4-7-13-5-2-1-3-6-13)17-11-16(19,12-17)14-9-10-14/h13-14,19H,1-12H2. The van der Waals surface area contributed by atoms with E-state index in [1.807, 2.05) is 4.90 Å². The van der Waals surface area contributed by atoms with Gasteiger partial charge in [-0.25, -0.2) is 0 Å². The zero-order valence-electron chi connectivity index (χ0n) is 11.9. The highest BCUT2D eigenvalue weighted by Gasteiger charge is 2.52. The molecule has 0 bridgehead atoms. The molecule has 0 atom stereocenters. The van der Waals surface area contributed by atoms with Gasteiger partial charge in [0.05, 0.1) is 13.1 Å². The number of likely N-dealkylation sites (tertiary alicyclic amines) is 1. The van der Waals surface area contributed by atoms with Crippen LogP contribution in [-0.2, 0) is 4.79 Å². The number of amides is 1. The van der Waals surface area contributed by atoms with E-state index in [9.17, 15) is 9.90 Å². The van der Waals surface area contributed by atoms with E-state index < -0.39 is 5.60 Å². The fourth-order valence-electron chi connectivity index (χ4n) is 3.85. The maximum absolute atomic E-state index is 12.0. The molecule has 19 heavy (non-hydrogen) atoms. The Kier molecular flexibility index (Phi) is 3.84. The van der Waals surface area contributed by atoms with E-state index in [0.717, 1.165) is 25.2 Å². The van der Waals surface area contributed by atoms with Crippen LogP contribution in [0.1, 0.15) is 64.2 Å². The Bertz CT molecular complexity index is 326. The highest BCUT2D eigenvalue weighted by atomic mass is 16.3. The van der Waals surface area contributed by atoms with Crippen LogP contribution in [0.25, 0.3) is 0 Å². The predicted octanol–water partition coefficient (Wildman–Crippen LogP) is 2.72. The fraction of sp³-hybridized carbons (Fsp3) is 0.938. The van der Waals surface area contributed by atoms with Crippen molar-refractivity contribution in [3.05, 3.63) is 0 Å². The summed E-state index contributed by atoms with van der Waals surface area (Å²) >= 11 is 0. The van der Waals surface area contributed by atoms with E-state index >= 15 is 0 Å². The van der Waals surface area contributed by atoms with Crippen molar-refractivity contribution in [3.8, 4) is 0 Å². The van der Waals surface area contributed by atoms with Crippen LogP contribution < -0.4 is 0 Å². The van der Waals surface area contributed by atoms with Crippen LogP contribution in [0.2, 0.25) is 0 Å². The molecule has 0 aromatic heterocycles. The van der Waals surface area contributed by atoms with Gasteiger partial charge in [-0.2, -0.15) is 0 Å². The molecule has 0 aromatic rings. The minimum atomic E-state index is -0.515. The predicted molar refractivity (Wildman–Crippen MR) is 74.7 cm³/mol. The smallest absolute Gasteiger partial charge is 0.222 e. The van der Waals surface area contributed by atoms with Crippen LogP contribution in [0, 0.1) is 11.8 Å². The van der Waals surface area contributed by atoms with Crippen molar-refractivity contribution in [1.29, 1.82) is 0 Å². The van der Waals surface area contributed by atoms with Gasteiger partial charge in [0.1, 0.15) is 5.60 Å². The lowest BCUT2D eigenvalue weighted by Gasteiger charge is -2.47. The average Bonchev–Trinajstić information content (AvgIpc) is 3.20. The van der Waals surface area contributed by atoms with Crippen LogP contribution in [0.4, 0.5) is 0 Å². The third-order valence-electron chi connectivity index (χ3n) is 5.35. The van der Waals surface area contributed by atoms with Crippen molar-refractivity contribution in [3.63, 3.8) is 0 Å². The van der Waals surface area contributed by atoms with E-state index in [2.05, 4.69) is 0 Å². The lowest BCUT2D eigenvalue weighted by atomic mass is 9.85. The van der Waals surface area contributed by atoms with Crippen LogP contribution in [0.5, 0.6) is 0 Å². The Morgan fingerprint density at radius 1 is 1.11 bits per heavy atom. The van der Waals surface area contributed by atoms with Gasteiger partial charge in [0.2, 0.25) is 5.91 Å². The molecule has 1 aliphatic heterocycles. The molecular weight excluding hydrogens is 238 g/mol. The summed E-state index contributed by atoms with van der Waals surface area (Å²) in [6, 6.07) is 0. The molecular formula is C16H27NO2. The van der Waals surface area contributed by atoms with Crippen molar-refractivity contribution in [2.45, 2.75) is 69.8 Å². The molecule has 0 radical (unpaired) electrons. The van der Waals surface area contributed by atoms with Gasteiger partial charge in [-0.05, 0) is 37.5 Å². The second-order valence-corrected chi connectivity index (χ2v) is 7.02. The van der Waals surface area contributed by atoms with E-state index in [4.69, 9.17) is 0 Å². The second kappa shape index (κ2) is 5.43. The number of nitrogens with zero attached hydrogens (tertiary/aromatic N) is 1. The zero-order chi connectivity index (χ0) is 13.3. The Labute approximate surface area is 116 Å². The minimum Gasteiger partial charge on any atom is -0.386 e. The zero-order valence-corrected chi connectivity index (χ0v) is 11.9. The summed E-state index contributed by atoms with van der Waals surface area (Å²) in [5.74, 6) is 1.63. The van der Waals surface area contributed by atoms with Gasteiger partial charge in [-0.15, -0.1) is 0 Å². The fourth-order valence-corrected chi connectivity index (χ4v) is 3.85. The highest BCUT2D eigenvalue weighted by Crippen LogP contribution is 2.44. The monoisotopic (exact) mass is 265 g/mol. The van der Waals surface area contributed by atoms with Gasteiger partial charge >= 0.3 is 0 Å². The van der Waals surface area contributed by atoms with Crippen molar-refractivity contribution in [2.75, 3.05) is 13.1 Å². The number of carbonyl (C=O) groups is 1. The molecule has 3 heteroatoms. The first-order chi connectivity index (χ1) is 9.17. The molecule has 0 spiro atoms. The van der Waals surface area contributed by atoms with Crippen molar-refractivity contribution in [1.82, 2.24) is 4.90 Å². The summed E-state index contributed by atoms with van der Waals surface area (Å²) < 4.78 is 0. The largest absolute Gasteiger partial charge is 0.386 e. The summed E-state index contributed by atoms with van der Waals surface area (Å²) in [4.78, 5) is 13.9. The molecule has 1 heterocycles. The molecule has 1 saturated heterocycles. The van der Waals surface area contributed by atoms with E-state index in [-0.39, 0.29) is 5.91 Å². The molecule has 3 fully saturated rings. The van der Waals surface area contributed by atoms with Crippen LogP contribution in [0.15, 0.2) is 0 Å². The maximum Gasteiger partial charge on any atom is 0.222 e. The molecule has 3 nitrogen and oxygen atoms in total. The summed E-state index contributed by atoms with van der Waals surface area (Å²) in [5.41, 5.74) is -0.515. The molecule has 3 rings (SSSR count). The molecule has 2 saturated carbocycles. The van der Waals surface area contributed by atoms with Gasteiger partial charge < -0.3 is 10.0 Å². The first-order valence-corrected chi connectivity index (χ1v) is 8.17. The number of rotatable bonds is 5. The summed E-state index contributed by atoms with van der Waals surface area (Å²) in [7, 11) is 0. The quantitative estimate of drug-likeness (QED) is 0.830. The van der Waals surface area contributed by atoms with E-state index in [0.29, 0.717) is 25.4 Å². The summed E-state index contributed by atoms with van der Waals surface area (Å²) in [6.45, 7) is 1.19. The minimum absolute atomic E-state index is 0.265. The lowest BCUT2D eigenvalue weighted by Crippen LogP contribution is -2.64. The number of carbonyl (C=O) groups excluding carboxylic acids is 1. The maximum atomic E-state index is 12.0. The summed E-state index contributed by atoms with van der Waals surface area (Å²) in [5, 5.41) is 10.2. The molecule has 108 valence electrons. The molecule has 3 aliphatic rings. The molecule has 1 amide bonds. The van der Waals surface area contributed by atoms with Gasteiger partial charge in [-0.3, -0.25) is 4.79 Å². The van der Waals surface area contributed by atoms with E-state index in [1.54, 1.807) is 0 Å². The first kappa shape index (κ1) is 13.4. The van der Waals surface area contributed by atoms with Gasteiger partial charge in [-0.1, -0.05) is 32.1 Å². The van der Waals surface area contributed by atoms with E-state index in [1.165, 1.54) is 38.5 Å². The Morgan fingerprint density at radius 2 is 1.79 bits per heavy atom. The van der Waals surface area contributed by atoms with Crippen LogP contribution >= 0.6 is 0 Å². The Balaban J connectivity index is 1.31. The second-order valence-electron chi connectivity index (χ2n) is 7.02. The number of aliphatic hydroxyl groups is 1. The lowest BCUT2D eigenvalue weighted by molar-refractivity contribution is -0.159. The van der Waals surface area contributed by atoms with Crippen LogP contribution in [0.3, 0.4) is 0 Å². The Morgan fingerprint density at radius 3 is 2.42 bits per heavy atom. The molecule has 0 unspecified atom stereocenters. The summed E-state index contributed by atoms with van der Waals surface area (Å²) in [6.07, 6.45) is 12.2. The van der Waals surface area contributed by atoms with Gasteiger partial charge in [0.15, 0.2) is 0 Å². The highest BCUT2D eigenvalue weighted by molar-refractivity contribution is 5.77. The van der Waals surface area contributed by atoms with Crippen LogP contribution in [-0.4, -0.2) is 34.6 Å². The van der Waals surface area contributed by atoms with Gasteiger partial charge in [0, 0.05) is 6.42 Å². The van der Waals surface area contributed by atoms with Crippen molar-refractivity contribution >= 4 is 5.91 Å². The van der Waals surface area contributed by atoms with Crippen molar-refractivity contribution in [2.24, 2.45) is 11.8 Å². The first-order valence-electron chi connectivity index (χ1n) is 8.17. The van der Waals surface area contributed by atoms with Gasteiger partial charge in [0.25, 0.3) is 0 Å². The SMILES string of the molecule is O=C(CCCC1CCCCC1)N1CC(O)(C2CC2)C1.